The molecule has 0 saturated heterocycles. The summed E-state index contributed by atoms with van der Waals surface area (Å²) in [6, 6.07) is 0.878. The van der Waals surface area contributed by atoms with Gasteiger partial charge in [-0.05, 0) is 30.5 Å². The molecule has 1 aliphatic rings. The van der Waals surface area contributed by atoms with Crippen molar-refractivity contribution in [1.29, 1.82) is 0 Å². The van der Waals surface area contributed by atoms with Gasteiger partial charge < -0.3 is 5.32 Å². The van der Waals surface area contributed by atoms with E-state index in [-0.39, 0.29) is 12.0 Å². The third-order valence-corrected chi connectivity index (χ3v) is 3.02. The summed E-state index contributed by atoms with van der Waals surface area (Å²) < 4.78 is 39.9. The van der Waals surface area contributed by atoms with Gasteiger partial charge in [-0.1, -0.05) is 13.8 Å². The van der Waals surface area contributed by atoms with E-state index in [1.165, 1.54) is 0 Å². The molecule has 16 heavy (non-hydrogen) atoms. The highest BCUT2D eigenvalue weighted by molar-refractivity contribution is 5.35. The molecular formula is C12H14F3N. The predicted molar refractivity (Wildman–Crippen MR) is 55.6 cm³/mol. The first-order valence-corrected chi connectivity index (χ1v) is 5.42. The molecule has 88 valence electrons. The maximum absolute atomic E-state index is 13.7. The normalized spacial score (nSPS) is 20.0. The Morgan fingerprint density at radius 3 is 2.56 bits per heavy atom. The van der Waals surface area contributed by atoms with Crippen LogP contribution in [-0.2, 0) is 6.42 Å². The molecule has 0 aromatic heterocycles. The molecule has 1 aromatic carbocycles. The van der Waals surface area contributed by atoms with Crippen molar-refractivity contribution in [3.05, 3.63) is 34.6 Å². The van der Waals surface area contributed by atoms with Gasteiger partial charge in [0.25, 0.3) is 0 Å². The maximum Gasteiger partial charge on any atom is 0.194 e. The predicted octanol–water partition coefficient (Wildman–Crippen LogP) is 2.95. The molecule has 1 atom stereocenters. The van der Waals surface area contributed by atoms with E-state index >= 15 is 0 Å². The van der Waals surface area contributed by atoms with Crippen LogP contribution < -0.4 is 5.32 Å². The first-order valence-electron chi connectivity index (χ1n) is 5.42. The number of rotatable bonds is 1. The smallest absolute Gasteiger partial charge is 0.194 e. The van der Waals surface area contributed by atoms with E-state index in [2.05, 4.69) is 5.32 Å². The highest BCUT2D eigenvalue weighted by atomic mass is 19.2. The zero-order valence-electron chi connectivity index (χ0n) is 9.28. The van der Waals surface area contributed by atoms with Gasteiger partial charge in [0.15, 0.2) is 17.5 Å². The van der Waals surface area contributed by atoms with E-state index in [1.807, 2.05) is 13.8 Å². The van der Waals surface area contributed by atoms with E-state index in [9.17, 15) is 13.2 Å². The summed E-state index contributed by atoms with van der Waals surface area (Å²) in [6.45, 7) is 4.52. The zero-order chi connectivity index (χ0) is 11.9. The van der Waals surface area contributed by atoms with Gasteiger partial charge in [-0.15, -0.1) is 0 Å². The van der Waals surface area contributed by atoms with Crippen LogP contribution in [0.25, 0.3) is 0 Å². The molecule has 0 fully saturated rings. The Hall–Kier alpha value is -1.03. The van der Waals surface area contributed by atoms with Gasteiger partial charge in [0.1, 0.15) is 0 Å². The third kappa shape index (κ3) is 1.71. The molecule has 2 rings (SSSR count). The molecule has 0 aliphatic carbocycles. The molecule has 1 N–H and O–H groups in total. The second-order valence-electron chi connectivity index (χ2n) is 4.48. The first kappa shape index (κ1) is 11.5. The minimum atomic E-state index is -1.37. The van der Waals surface area contributed by atoms with E-state index in [1.54, 1.807) is 0 Å². The number of benzene rings is 1. The summed E-state index contributed by atoms with van der Waals surface area (Å²) in [5, 5.41) is 3.13. The molecule has 1 unspecified atom stereocenters. The van der Waals surface area contributed by atoms with Crippen LogP contribution in [0.1, 0.15) is 31.0 Å². The van der Waals surface area contributed by atoms with Crippen molar-refractivity contribution in [2.45, 2.75) is 26.3 Å². The zero-order valence-corrected chi connectivity index (χ0v) is 9.28. The summed E-state index contributed by atoms with van der Waals surface area (Å²) in [7, 11) is 0. The fraction of sp³-hybridized carbons (Fsp3) is 0.500. The van der Waals surface area contributed by atoms with Gasteiger partial charge in [-0.2, -0.15) is 0 Å². The van der Waals surface area contributed by atoms with E-state index in [0.29, 0.717) is 24.1 Å². The van der Waals surface area contributed by atoms with Gasteiger partial charge in [0, 0.05) is 11.6 Å². The number of hydrogen-bond donors (Lipinski definition) is 1. The van der Waals surface area contributed by atoms with Crippen LogP contribution in [0.5, 0.6) is 0 Å². The van der Waals surface area contributed by atoms with Crippen LogP contribution in [0.3, 0.4) is 0 Å². The van der Waals surface area contributed by atoms with Crippen LogP contribution in [0.2, 0.25) is 0 Å². The molecule has 0 bridgehead atoms. The summed E-state index contributed by atoms with van der Waals surface area (Å²) in [5.41, 5.74) is 0.869. The average molecular weight is 229 g/mol. The van der Waals surface area contributed by atoms with Crippen molar-refractivity contribution < 1.29 is 13.2 Å². The standard InChI is InChI=1S/C12H14F3N/c1-6(2)12-9-7(3-4-16-12)5-8(13)10(14)11(9)15/h5-6,12,16H,3-4H2,1-2H3. The monoisotopic (exact) mass is 229 g/mol. The minimum Gasteiger partial charge on any atom is -0.309 e. The summed E-state index contributed by atoms with van der Waals surface area (Å²) in [5.74, 6) is -3.37. The maximum atomic E-state index is 13.7. The van der Waals surface area contributed by atoms with Crippen LogP contribution in [0.4, 0.5) is 13.2 Å². The topological polar surface area (TPSA) is 12.0 Å². The Morgan fingerprint density at radius 1 is 1.25 bits per heavy atom. The number of nitrogens with one attached hydrogen (secondary N) is 1. The lowest BCUT2D eigenvalue weighted by atomic mass is 9.87. The van der Waals surface area contributed by atoms with Gasteiger partial charge in [-0.3, -0.25) is 0 Å². The molecular weight excluding hydrogens is 215 g/mol. The van der Waals surface area contributed by atoms with Crippen LogP contribution in [0, 0.1) is 23.4 Å². The van der Waals surface area contributed by atoms with Crippen molar-refractivity contribution >= 4 is 0 Å². The van der Waals surface area contributed by atoms with E-state index in [4.69, 9.17) is 0 Å². The Labute approximate surface area is 92.7 Å². The molecule has 0 amide bonds. The Morgan fingerprint density at radius 2 is 1.94 bits per heavy atom. The van der Waals surface area contributed by atoms with Gasteiger partial charge >= 0.3 is 0 Å². The molecule has 0 radical (unpaired) electrons. The highest BCUT2D eigenvalue weighted by Crippen LogP contribution is 2.32. The summed E-state index contributed by atoms with van der Waals surface area (Å²) in [4.78, 5) is 0. The minimum absolute atomic E-state index is 0.137. The second kappa shape index (κ2) is 4.09. The van der Waals surface area contributed by atoms with Crippen LogP contribution >= 0.6 is 0 Å². The summed E-state index contributed by atoms with van der Waals surface area (Å²) >= 11 is 0. The van der Waals surface area contributed by atoms with Gasteiger partial charge in [-0.25, -0.2) is 13.2 Å². The Bertz CT molecular complexity index is 415. The molecule has 0 spiro atoms. The van der Waals surface area contributed by atoms with Gasteiger partial charge in [0.2, 0.25) is 0 Å². The SMILES string of the molecule is CC(C)C1NCCc2cc(F)c(F)c(F)c21. The molecule has 1 nitrogen and oxygen atoms in total. The second-order valence-corrected chi connectivity index (χ2v) is 4.48. The van der Waals surface area contributed by atoms with Crippen LogP contribution in [-0.4, -0.2) is 6.54 Å². The van der Waals surface area contributed by atoms with Crippen molar-refractivity contribution in [1.82, 2.24) is 5.32 Å². The average Bonchev–Trinajstić information content (AvgIpc) is 2.25. The molecule has 1 heterocycles. The van der Waals surface area contributed by atoms with Crippen molar-refractivity contribution in [2.24, 2.45) is 5.92 Å². The molecule has 1 aromatic rings. The van der Waals surface area contributed by atoms with Crippen molar-refractivity contribution in [3.8, 4) is 0 Å². The van der Waals surface area contributed by atoms with E-state index in [0.717, 1.165) is 6.07 Å². The molecule has 4 heteroatoms. The fourth-order valence-corrected chi connectivity index (χ4v) is 2.23. The Balaban J connectivity index is 2.59. The lowest BCUT2D eigenvalue weighted by molar-refractivity contribution is 0.360. The largest absolute Gasteiger partial charge is 0.309 e. The van der Waals surface area contributed by atoms with Crippen molar-refractivity contribution in [2.75, 3.05) is 6.54 Å². The fourth-order valence-electron chi connectivity index (χ4n) is 2.23. The van der Waals surface area contributed by atoms with Crippen LogP contribution in [0.15, 0.2) is 6.07 Å². The third-order valence-electron chi connectivity index (χ3n) is 3.02. The van der Waals surface area contributed by atoms with Gasteiger partial charge in [0.05, 0.1) is 0 Å². The lowest BCUT2D eigenvalue weighted by Crippen LogP contribution is -2.34. The Kier molecular flexibility index (Phi) is 2.93. The molecule has 1 aliphatic heterocycles. The van der Waals surface area contributed by atoms with E-state index < -0.39 is 17.5 Å². The lowest BCUT2D eigenvalue weighted by Gasteiger charge is -2.30. The number of fused-ring (bicyclic) bond motifs is 1. The highest BCUT2D eigenvalue weighted by Gasteiger charge is 2.29. The van der Waals surface area contributed by atoms with Crippen molar-refractivity contribution in [3.63, 3.8) is 0 Å². The number of halogens is 3. The quantitative estimate of drug-likeness (QED) is 0.730. The number of hydrogen-bond acceptors (Lipinski definition) is 1. The summed E-state index contributed by atoms with van der Waals surface area (Å²) in [6.07, 6.45) is 0.534. The molecule has 0 saturated carbocycles. The first-order chi connectivity index (χ1) is 7.52.